The monoisotopic (exact) mass is 285 g/mol. The molecule has 2 aromatic carbocycles. The molecule has 0 atom stereocenters. The number of hydrogen-bond acceptors (Lipinski definition) is 3. The van der Waals surface area contributed by atoms with Crippen LogP contribution in [0, 0.1) is 6.92 Å². The van der Waals surface area contributed by atoms with Crippen molar-refractivity contribution in [2.45, 2.75) is 19.8 Å². The Labute approximate surface area is 126 Å². The Morgan fingerprint density at radius 2 is 1.86 bits per heavy atom. The summed E-state index contributed by atoms with van der Waals surface area (Å²) in [6, 6.07) is 16.1. The highest BCUT2D eigenvalue weighted by molar-refractivity contribution is 5.48. The van der Waals surface area contributed by atoms with E-state index in [0.717, 1.165) is 43.2 Å². The van der Waals surface area contributed by atoms with Gasteiger partial charge in [0.05, 0.1) is 13.7 Å². The summed E-state index contributed by atoms with van der Waals surface area (Å²) in [5, 5.41) is 3.39. The van der Waals surface area contributed by atoms with Crippen molar-refractivity contribution in [3.63, 3.8) is 0 Å². The van der Waals surface area contributed by atoms with Crippen molar-refractivity contribution in [1.82, 2.24) is 0 Å². The summed E-state index contributed by atoms with van der Waals surface area (Å²) in [5.41, 5.74) is 2.28. The smallest absolute Gasteiger partial charge is 0.122 e. The number of aryl methyl sites for hydroxylation is 1. The summed E-state index contributed by atoms with van der Waals surface area (Å²) in [5.74, 6) is 1.86. The molecule has 1 N–H and O–H groups in total. The summed E-state index contributed by atoms with van der Waals surface area (Å²) < 4.78 is 11.0. The lowest BCUT2D eigenvalue weighted by Gasteiger charge is -2.10. The van der Waals surface area contributed by atoms with Crippen LogP contribution < -0.4 is 14.8 Å². The molecule has 0 amide bonds. The van der Waals surface area contributed by atoms with Crippen LogP contribution in [0.25, 0.3) is 0 Å². The quantitative estimate of drug-likeness (QED) is 0.735. The molecule has 0 aliphatic carbocycles. The zero-order chi connectivity index (χ0) is 14.9. The number of rotatable bonds is 8. The van der Waals surface area contributed by atoms with Crippen molar-refractivity contribution < 1.29 is 9.47 Å². The lowest BCUT2D eigenvalue weighted by Crippen LogP contribution is -2.05. The summed E-state index contributed by atoms with van der Waals surface area (Å²) >= 11 is 0. The van der Waals surface area contributed by atoms with Gasteiger partial charge in [-0.15, -0.1) is 0 Å². The van der Waals surface area contributed by atoms with Crippen LogP contribution in [-0.2, 0) is 0 Å². The number of unbranched alkanes of at least 4 members (excludes halogenated alkanes) is 1. The Bertz CT molecular complexity index is 554. The van der Waals surface area contributed by atoms with Crippen LogP contribution in [0.1, 0.15) is 18.4 Å². The van der Waals surface area contributed by atoms with E-state index in [1.165, 1.54) is 5.56 Å². The van der Waals surface area contributed by atoms with E-state index in [0.29, 0.717) is 0 Å². The van der Waals surface area contributed by atoms with E-state index in [-0.39, 0.29) is 0 Å². The molecule has 0 saturated heterocycles. The lowest BCUT2D eigenvalue weighted by molar-refractivity contribution is 0.306. The zero-order valence-electron chi connectivity index (χ0n) is 12.8. The first-order chi connectivity index (χ1) is 10.3. The van der Waals surface area contributed by atoms with Crippen molar-refractivity contribution in [3.05, 3.63) is 54.1 Å². The van der Waals surface area contributed by atoms with E-state index in [4.69, 9.17) is 9.47 Å². The third-order valence-corrected chi connectivity index (χ3v) is 3.32. The van der Waals surface area contributed by atoms with Crippen LogP contribution in [-0.4, -0.2) is 20.3 Å². The number of benzene rings is 2. The second-order valence-corrected chi connectivity index (χ2v) is 4.98. The molecule has 3 nitrogen and oxygen atoms in total. The predicted octanol–water partition coefficient (Wildman–Crippen LogP) is 4.27. The second kappa shape index (κ2) is 8.20. The van der Waals surface area contributed by atoms with Gasteiger partial charge in [0.15, 0.2) is 0 Å². The molecule has 112 valence electrons. The third-order valence-electron chi connectivity index (χ3n) is 3.32. The molecular weight excluding hydrogens is 262 g/mol. The maximum absolute atomic E-state index is 5.78. The first-order valence-electron chi connectivity index (χ1n) is 7.36. The molecule has 0 aliphatic rings. The minimum Gasteiger partial charge on any atom is -0.497 e. The molecule has 2 rings (SSSR count). The van der Waals surface area contributed by atoms with Gasteiger partial charge in [-0.05, 0) is 43.5 Å². The maximum atomic E-state index is 5.78. The normalized spacial score (nSPS) is 10.2. The lowest BCUT2D eigenvalue weighted by atomic mass is 10.2. The summed E-state index contributed by atoms with van der Waals surface area (Å²) in [7, 11) is 1.68. The molecule has 0 bridgehead atoms. The van der Waals surface area contributed by atoms with Crippen molar-refractivity contribution >= 4 is 5.69 Å². The van der Waals surface area contributed by atoms with Gasteiger partial charge < -0.3 is 14.8 Å². The second-order valence-electron chi connectivity index (χ2n) is 4.98. The Morgan fingerprint density at radius 3 is 2.67 bits per heavy atom. The van der Waals surface area contributed by atoms with Crippen molar-refractivity contribution in [1.29, 1.82) is 0 Å². The molecular formula is C18H23NO2. The van der Waals surface area contributed by atoms with Crippen LogP contribution in [0.5, 0.6) is 11.5 Å². The molecule has 0 saturated carbocycles. The van der Waals surface area contributed by atoms with Gasteiger partial charge >= 0.3 is 0 Å². The fourth-order valence-corrected chi connectivity index (χ4v) is 2.09. The SMILES string of the molecule is COc1cccc(NCCCCOc2ccccc2C)c1. The Balaban J connectivity index is 1.63. The standard InChI is InChI=1S/C18H23NO2/c1-15-8-3-4-11-18(15)21-13-6-5-12-19-16-9-7-10-17(14-16)20-2/h3-4,7-11,14,19H,5-6,12-13H2,1-2H3. The number of ether oxygens (including phenoxy) is 2. The van der Waals surface area contributed by atoms with Gasteiger partial charge in [-0.3, -0.25) is 0 Å². The van der Waals surface area contributed by atoms with Crippen molar-refractivity contribution in [3.8, 4) is 11.5 Å². The minimum absolute atomic E-state index is 0.755. The Morgan fingerprint density at radius 1 is 1.00 bits per heavy atom. The van der Waals surface area contributed by atoms with Gasteiger partial charge in [0, 0.05) is 18.3 Å². The van der Waals surface area contributed by atoms with Crippen LogP contribution in [0.3, 0.4) is 0 Å². The summed E-state index contributed by atoms with van der Waals surface area (Å²) in [6.45, 7) is 3.76. The molecule has 0 aliphatic heterocycles. The largest absolute Gasteiger partial charge is 0.497 e. The van der Waals surface area contributed by atoms with E-state index in [9.17, 15) is 0 Å². The zero-order valence-corrected chi connectivity index (χ0v) is 12.8. The third kappa shape index (κ3) is 5.03. The molecule has 3 heteroatoms. The van der Waals surface area contributed by atoms with Crippen LogP contribution in [0.2, 0.25) is 0 Å². The molecule has 0 fully saturated rings. The molecule has 0 radical (unpaired) electrons. The van der Waals surface area contributed by atoms with Crippen LogP contribution in [0.15, 0.2) is 48.5 Å². The molecule has 2 aromatic rings. The van der Waals surface area contributed by atoms with E-state index >= 15 is 0 Å². The van der Waals surface area contributed by atoms with E-state index < -0.39 is 0 Å². The number of nitrogens with one attached hydrogen (secondary N) is 1. The van der Waals surface area contributed by atoms with Crippen molar-refractivity contribution in [2.75, 3.05) is 25.6 Å². The molecule has 21 heavy (non-hydrogen) atoms. The summed E-state index contributed by atoms with van der Waals surface area (Å²) in [6.07, 6.45) is 2.11. The average molecular weight is 285 g/mol. The molecule has 0 spiro atoms. The number of anilines is 1. The van der Waals surface area contributed by atoms with E-state index in [2.05, 4.69) is 18.3 Å². The first-order valence-corrected chi connectivity index (χ1v) is 7.36. The van der Waals surface area contributed by atoms with Gasteiger partial charge in [-0.25, -0.2) is 0 Å². The van der Waals surface area contributed by atoms with Gasteiger partial charge in [-0.2, -0.15) is 0 Å². The Hall–Kier alpha value is -2.16. The van der Waals surface area contributed by atoms with E-state index in [1.54, 1.807) is 7.11 Å². The fraction of sp³-hybridized carbons (Fsp3) is 0.333. The molecule has 0 unspecified atom stereocenters. The Kier molecular flexibility index (Phi) is 5.95. The van der Waals surface area contributed by atoms with Gasteiger partial charge in [0.2, 0.25) is 0 Å². The van der Waals surface area contributed by atoms with Gasteiger partial charge in [0.1, 0.15) is 11.5 Å². The first kappa shape index (κ1) is 15.2. The van der Waals surface area contributed by atoms with E-state index in [1.807, 2.05) is 42.5 Å². The number of hydrogen-bond donors (Lipinski definition) is 1. The highest BCUT2D eigenvalue weighted by atomic mass is 16.5. The molecule has 0 heterocycles. The summed E-state index contributed by atoms with van der Waals surface area (Å²) in [4.78, 5) is 0. The maximum Gasteiger partial charge on any atom is 0.122 e. The predicted molar refractivity (Wildman–Crippen MR) is 87.4 cm³/mol. The highest BCUT2D eigenvalue weighted by Gasteiger charge is 1.98. The highest BCUT2D eigenvalue weighted by Crippen LogP contribution is 2.17. The average Bonchev–Trinajstić information content (AvgIpc) is 2.52. The van der Waals surface area contributed by atoms with Crippen molar-refractivity contribution in [2.24, 2.45) is 0 Å². The topological polar surface area (TPSA) is 30.5 Å². The minimum atomic E-state index is 0.755. The number of methoxy groups -OCH3 is 1. The van der Waals surface area contributed by atoms with Gasteiger partial charge in [0.25, 0.3) is 0 Å². The van der Waals surface area contributed by atoms with Crippen LogP contribution >= 0.6 is 0 Å². The molecule has 0 aromatic heterocycles. The van der Waals surface area contributed by atoms with Gasteiger partial charge in [-0.1, -0.05) is 24.3 Å². The number of para-hydroxylation sites is 1. The van der Waals surface area contributed by atoms with Crippen LogP contribution in [0.4, 0.5) is 5.69 Å². The fourth-order valence-electron chi connectivity index (χ4n) is 2.09.